The lowest BCUT2D eigenvalue weighted by atomic mass is 10.3. The van der Waals surface area contributed by atoms with Crippen LogP contribution in [0.1, 0.15) is 18.9 Å². The molecule has 0 aliphatic carbocycles. The van der Waals surface area contributed by atoms with Crippen molar-refractivity contribution in [2.75, 3.05) is 6.54 Å². The van der Waals surface area contributed by atoms with E-state index in [2.05, 4.69) is 0 Å². The van der Waals surface area contributed by atoms with Crippen molar-refractivity contribution in [3.63, 3.8) is 0 Å². The van der Waals surface area contributed by atoms with Crippen LogP contribution in [0.25, 0.3) is 0 Å². The minimum Gasteiger partial charge on any atom is -0.207 e. The maximum atomic E-state index is 12.7. The van der Waals surface area contributed by atoms with E-state index in [4.69, 9.17) is 11.6 Å². The van der Waals surface area contributed by atoms with Crippen molar-refractivity contribution in [1.29, 1.82) is 0 Å². The Labute approximate surface area is 128 Å². The topological polar surface area (TPSA) is 37.4 Å². The Bertz CT molecular complexity index is 654. The summed E-state index contributed by atoms with van der Waals surface area (Å²) in [6, 6.07) is 8.35. The van der Waals surface area contributed by atoms with Crippen LogP contribution in [0.4, 0.5) is 0 Å². The first kappa shape index (κ1) is 15.5. The van der Waals surface area contributed by atoms with E-state index in [0.717, 1.165) is 12.0 Å². The van der Waals surface area contributed by atoms with Crippen LogP contribution in [0.5, 0.6) is 0 Å². The van der Waals surface area contributed by atoms with Crippen LogP contribution in [-0.2, 0) is 16.6 Å². The molecule has 0 saturated heterocycles. The van der Waals surface area contributed by atoms with Gasteiger partial charge in [0.15, 0.2) is 0 Å². The number of hydrogen-bond donors (Lipinski definition) is 0. The molecule has 3 nitrogen and oxygen atoms in total. The Balaban J connectivity index is 2.32. The van der Waals surface area contributed by atoms with Gasteiger partial charge in [-0.2, -0.15) is 15.6 Å². The second kappa shape index (κ2) is 6.72. The Morgan fingerprint density at radius 2 is 2.10 bits per heavy atom. The van der Waals surface area contributed by atoms with Gasteiger partial charge in [0.1, 0.15) is 0 Å². The van der Waals surface area contributed by atoms with Crippen LogP contribution in [0, 0.1) is 0 Å². The minimum atomic E-state index is -3.51. The van der Waals surface area contributed by atoms with Gasteiger partial charge in [-0.05, 0) is 47.0 Å². The van der Waals surface area contributed by atoms with E-state index in [1.54, 1.807) is 29.5 Å². The summed E-state index contributed by atoms with van der Waals surface area (Å²) in [5.41, 5.74) is 1.01. The zero-order valence-electron chi connectivity index (χ0n) is 11.1. The molecule has 6 heteroatoms. The van der Waals surface area contributed by atoms with Gasteiger partial charge < -0.3 is 0 Å². The van der Waals surface area contributed by atoms with Gasteiger partial charge in [0, 0.05) is 18.1 Å². The molecule has 2 aromatic rings. The highest BCUT2D eigenvalue weighted by molar-refractivity contribution is 7.89. The van der Waals surface area contributed by atoms with Gasteiger partial charge in [0.25, 0.3) is 0 Å². The van der Waals surface area contributed by atoms with Gasteiger partial charge >= 0.3 is 0 Å². The highest BCUT2D eigenvalue weighted by Gasteiger charge is 2.24. The summed E-state index contributed by atoms with van der Waals surface area (Å²) < 4.78 is 26.8. The zero-order chi connectivity index (χ0) is 14.6. The molecule has 0 bridgehead atoms. The minimum absolute atomic E-state index is 0.244. The maximum absolute atomic E-state index is 12.7. The summed E-state index contributed by atoms with van der Waals surface area (Å²) in [6.45, 7) is 2.85. The normalized spacial score (nSPS) is 11.9. The smallest absolute Gasteiger partial charge is 0.207 e. The Kier molecular flexibility index (Phi) is 5.21. The van der Waals surface area contributed by atoms with Crippen LogP contribution in [0.2, 0.25) is 5.02 Å². The van der Waals surface area contributed by atoms with Crippen molar-refractivity contribution in [2.24, 2.45) is 0 Å². The molecule has 0 spiro atoms. The highest BCUT2D eigenvalue weighted by Crippen LogP contribution is 2.22. The molecule has 1 aromatic heterocycles. The first-order chi connectivity index (χ1) is 9.54. The molecule has 0 atom stereocenters. The van der Waals surface area contributed by atoms with Crippen LogP contribution >= 0.6 is 22.9 Å². The molecular weight excluding hydrogens is 314 g/mol. The predicted molar refractivity (Wildman–Crippen MR) is 83.7 cm³/mol. The Morgan fingerprint density at radius 1 is 1.30 bits per heavy atom. The van der Waals surface area contributed by atoms with Crippen molar-refractivity contribution in [1.82, 2.24) is 4.31 Å². The van der Waals surface area contributed by atoms with Gasteiger partial charge in [0.05, 0.1) is 4.90 Å². The van der Waals surface area contributed by atoms with Crippen LogP contribution in [0.3, 0.4) is 0 Å². The molecular formula is C14H16ClNO2S2. The third-order valence-corrected chi connectivity index (χ3v) is 5.65. The predicted octanol–water partition coefficient (Wildman–Crippen LogP) is 4.00. The lowest BCUT2D eigenvalue weighted by Gasteiger charge is -2.21. The number of nitrogens with zero attached hydrogens (tertiary/aromatic N) is 1. The fourth-order valence-corrected chi connectivity index (χ4v) is 4.38. The zero-order valence-corrected chi connectivity index (χ0v) is 13.5. The molecule has 0 unspecified atom stereocenters. The average Bonchev–Trinajstić information content (AvgIpc) is 2.91. The van der Waals surface area contributed by atoms with Crippen LogP contribution < -0.4 is 0 Å². The summed E-state index contributed by atoms with van der Waals surface area (Å²) in [4.78, 5) is 0.244. The molecule has 1 heterocycles. The molecule has 0 aliphatic heterocycles. The van der Waals surface area contributed by atoms with Crippen molar-refractivity contribution >= 4 is 33.0 Å². The highest BCUT2D eigenvalue weighted by atomic mass is 35.5. The lowest BCUT2D eigenvalue weighted by Crippen LogP contribution is -2.31. The van der Waals surface area contributed by atoms with E-state index in [1.165, 1.54) is 10.4 Å². The summed E-state index contributed by atoms with van der Waals surface area (Å²) in [7, 11) is -3.51. The summed E-state index contributed by atoms with van der Waals surface area (Å²) in [5, 5.41) is 4.35. The fourth-order valence-electron chi connectivity index (χ4n) is 1.90. The van der Waals surface area contributed by atoms with Gasteiger partial charge in [0.2, 0.25) is 10.0 Å². The molecule has 108 valence electrons. The summed E-state index contributed by atoms with van der Waals surface area (Å²) in [6.07, 6.45) is 0.768. The number of hydrogen-bond acceptors (Lipinski definition) is 3. The standard InChI is InChI=1S/C14H16ClNO2S2/c1-2-7-16(10-12-6-8-19-11-12)20(17,18)14-5-3-4-13(15)9-14/h3-6,8-9,11H,2,7,10H2,1H3. The van der Waals surface area contributed by atoms with E-state index in [0.29, 0.717) is 18.1 Å². The third-order valence-electron chi connectivity index (χ3n) is 2.85. The first-order valence-electron chi connectivity index (χ1n) is 6.31. The Morgan fingerprint density at radius 3 is 2.70 bits per heavy atom. The second-order valence-corrected chi connectivity index (χ2v) is 7.58. The third kappa shape index (κ3) is 3.61. The van der Waals surface area contributed by atoms with Crippen LogP contribution in [-0.4, -0.2) is 19.3 Å². The van der Waals surface area contributed by atoms with E-state index < -0.39 is 10.0 Å². The number of halogens is 1. The molecule has 20 heavy (non-hydrogen) atoms. The maximum Gasteiger partial charge on any atom is 0.243 e. The van der Waals surface area contributed by atoms with Gasteiger partial charge in [-0.3, -0.25) is 0 Å². The first-order valence-corrected chi connectivity index (χ1v) is 9.07. The van der Waals surface area contributed by atoms with Crippen molar-refractivity contribution in [3.8, 4) is 0 Å². The van der Waals surface area contributed by atoms with E-state index in [9.17, 15) is 8.42 Å². The largest absolute Gasteiger partial charge is 0.243 e. The second-order valence-electron chi connectivity index (χ2n) is 4.43. The van der Waals surface area contributed by atoms with Crippen LogP contribution in [0.15, 0.2) is 46.0 Å². The van der Waals surface area contributed by atoms with E-state index in [-0.39, 0.29) is 4.90 Å². The quantitative estimate of drug-likeness (QED) is 0.803. The van der Waals surface area contributed by atoms with Crippen molar-refractivity contribution in [2.45, 2.75) is 24.8 Å². The number of thiophene rings is 1. The molecule has 2 rings (SSSR count). The Hall–Kier alpha value is -0.880. The number of sulfonamides is 1. The fraction of sp³-hybridized carbons (Fsp3) is 0.286. The summed E-state index contributed by atoms with van der Waals surface area (Å²) >= 11 is 7.46. The average molecular weight is 330 g/mol. The number of rotatable bonds is 6. The lowest BCUT2D eigenvalue weighted by molar-refractivity contribution is 0.406. The van der Waals surface area contributed by atoms with Gasteiger partial charge in [-0.15, -0.1) is 0 Å². The molecule has 0 saturated carbocycles. The van der Waals surface area contributed by atoms with Gasteiger partial charge in [-0.1, -0.05) is 24.6 Å². The summed E-state index contributed by atoms with van der Waals surface area (Å²) in [5.74, 6) is 0. The molecule has 1 aromatic carbocycles. The molecule has 0 amide bonds. The van der Waals surface area contributed by atoms with Crippen molar-refractivity contribution < 1.29 is 8.42 Å². The number of benzene rings is 1. The molecule has 0 N–H and O–H groups in total. The van der Waals surface area contributed by atoms with E-state index in [1.807, 2.05) is 23.8 Å². The molecule has 0 fully saturated rings. The SMILES string of the molecule is CCCN(Cc1ccsc1)S(=O)(=O)c1cccc(Cl)c1. The molecule has 0 aliphatic rings. The monoisotopic (exact) mass is 329 g/mol. The van der Waals surface area contributed by atoms with E-state index >= 15 is 0 Å². The van der Waals surface area contributed by atoms with Crippen molar-refractivity contribution in [3.05, 3.63) is 51.7 Å². The van der Waals surface area contributed by atoms with Gasteiger partial charge in [-0.25, -0.2) is 8.42 Å². The molecule has 0 radical (unpaired) electrons.